The molecule has 0 aromatic carbocycles. The van der Waals surface area contributed by atoms with Gasteiger partial charge in [0.05, 0.1) is 6.61 Å². The van der Waals surface area contributed by atoms with Crippen molar-refractivity contribution in [3.05, 3.63) is 0 Å². The zero-order chi connectivity index (χ0) is 10.4. The Morgan fingerprint density at radius 1 is 1.57 bits per heavy atom. The first-order chi connectivity index (χ1) is 6.72. The number of ether oxygens (including phenoxy) is 1. The number of nitrogens with two attached hydrogens (primary N) is 1. The molecule has 0 radical (unpaired) electrons. The van der Waals surface area contributed by atoms with E-state index in [0.29, 0.717) is 0 Å². The van der Waals surface area contributed by atoms with Gasteiger partial charge >= 0.3 is 0 Å². The quantitative estimate of drug-likeness (QED) is 0.710. The average molecular weight is 218 g/mol. The van der Waals surface area contributed by atoms with Gasteiger partial charge in [0.25, 0.3) is 0 Å². The van der Waals surface area contributed by atoms with Crippen LogP contribution in [0, 0.1) is 5.41 Å². The second kappa shape index (κ2) is 5.95. The highest BCUT2D eigenvalue weighted by molar-refractivity contribution is 7.98. The molecule has 0 bridgehead atoms. The highest BCUT2D eigenvalue weighted by atomic mass is 32.2. The van der Waals surface area contributed by atoms with E-state index in [1.807, 2.05) is 11.8 Å². The minimum Gasteiger partial charge on any atom is -0.381 e. The zero-order valence-corrected chi connectivity index (χ0v) is 10.1. The number of rotatable bonds is 6. The molecule has 1 unspecified atom stereocenters. The molecule has 2 N–H and O–H groups in total. The lowest BCUT2D eigenvalue weighted by molar-refractivity contribution is 0.128. The summed E-state index contributed by atoms with van der Waals surface area (Å²) in [5.41, 5.74) is 6.06. The van der Waals surface area contributed by atoms with Gasteiger partial charge in [-0.1, -0.05) is 0 Å². The third-order valence-electron chi connectivity index (χ3n) is 2.90. The minimum atomic E-state index is 0.229. The molecule has 0 amide bonds. The SMILES string of the molecule is CSCCN(C)CC1(CN)CCOC1. The Morgan fingerprint density at radius 2 is 2.36 bits per heavy atom. The molecule has 4 heteroatoms. The fraction of sp³-hybridized carbons (Fsp3) is 1.00. The molecule has 1 rings (SSSR count). The summed E-state index contributed by atoms with van der Waals surface area (Å²) in [4.78, 5) is 2.37. The summed E-state index contributed by atoms with van der Waals surface area (Å²) in [6.07, 6.45) is 3.26. The lowest BCUT2D eigenvalue weighted by atomic mass is 9.87. The highest BCUT2D eigenvalue weighted by Crippen LogP contribution is 2.27. The third kappa shape index (κ3) is 3.42. The van der Waals surface area contributed by atoms with Gasteiger partial charge in [0.15, 0.2) is 0 Å². The van der Waals surface area contributed by atoms with E-state index < -0.39 is 0 Å². The predicted octanol–water partition coefficient (Wildman–Crippen LogP) is 0.647. The minimum absolute atomic E-state index is 0.229. The topological polar surface area (TPSA) is 38.5 Å². The van der Waals surface area contributed by atoms with Gasteiger partial charge in [-0.25, -0.2) is 0 Å². The van der Waals surface area contributed by atoms with E-state index in [2.05, 4.69) is 18.2 Å². The first-order valence-electron chi connectivity index (χ1n) is 5.18. The van der Waals surface area contributed by atoms with Crippen molar-refractivity contribution in [1.82, 2.24) is 4.90 Å². The van der Waals surface area contributed by atoms with E-state index >= 15 is 0 Å². The molecule has 1 aliphatic heterocycles. The van der Waals surface area contributed by atoms with E-state index in [1.54, 1.807) is 0 Å². The van der Waals surface area contributed by atoms with Crippen LogP contribution in [0.2, 0.25) is 0 Å². The number of hydrogen-bond acceptors (Lipinski definition) is 4. The van der Waals surface area contributed by atoms with Crippen LogP contribution in [0.4, 0.5) is 0 Å². The molecule has 0 aliphatic carbocycles. The molecule has 3 nitrogen and oxygen atoms in total. The van der Waals surface area contributed by atoms with Crippen LogP contribution < -0.4 is 5.73 Å². The van der Waals surface area contributed by atoms with Crippen LogP contribution in [0.15, 0.2) is 0 Å². The number of hydrogen-bond donors (Lipinski definition) is 1. The molecule has 0 aromatic heterocycles. The summed E-state index contributed by atoms with van der Waals surface area (Å²) in [5, 5.41) is 0. The normalized spacial score (nSPS) is 27.4. The van der Waals surface area contributed by atoms with Crippen LogP contribution in [-0.4, -0.2) is 56.8 Å². The van der Waals surface area contributed by atoms with E-state index in [-0.39, 0.29) is 5.41 Å². The summed E-state index contributed by atoms with van der Waals surface area (Å²) in [5.74, 6) is 1.19. The fourth-order valence-corrected chi connectivity index (χ4v) is 2.39. The molecule has 84 valence electrons. The zero-order valence-electron chi connectivity index (χ0n) is 9.29. The first-order valence-corrected chi connectivity index (χ1v) is 6.57. The lowest BCUT2D eigenvalue weighted by Crippen LogP contribution is -2.42. The Bertz CT molecular complexity index is 160. The van der Waals surface area contributed by atoms with Crippen LogP contribution >= 0.6 is 11.8 Å². The van der Waals surface area contributed by atoms with Crippen LogP contribution in [0.3, 0.4) is 0 Å². The van der Waals surface area contributed by atoms with E-state index in [1.165, 1.54) is 5.75 Å². The Morgan fingerprint density at radius 3 is 2.86 bits per heavy atom. The molecular weight excluding hydrogens is 196 g/mol. The molecule has 0 aromatic rings. The van der Waals surface area contributed by atoms with Gasteiger partial charge < -0.3 is 15.4 Å². The van der Waals surface area contributed by atoms with Crippen molar-refractivity contribution in [2.75, 3.05) is 51.9 Å². The summed E-state index contributed by atoms with van der Waals surface area (Å²) in [7, 11) is 2.17. The summed E-state index contributed by atoms with van der Waals surface area (Å²) >= 11 is 1.89. The van der Waals surface area contributed by atoms with Crippen LogP contribution in [0.5, 0.6) is 0 Å². The molecule has 0 spiro atoms. The lowest BCUT2D eigenvalue weighted by Gasteiger charge is -2.30. The second-order valence-corrected chi connectivity index (χ2v) is 5.22. The molecule has 1 heterocycles. The van der Waals surface area contributed by atoms with E-state index in [9.17, 15) is 0 Å². The van der Waals surface area contributed by atoms with Crippen LogP contribution in [0.1, 0.15) is 6.42 Å². The van der Waals surface area contributed by atoms with Crippen LogP contribution in [0.25, 0.3) is 0 Å². The van der Waals surface area contributed by atoms with Gasteiger partial charge in [-0.15, -0.1) is 0 Å². The number of nitrogens with zero attached hydrogens (tertiary/aromatic N) is 1. The Kier molecular flexibility index (Phi) is 5.23. The molecule has 1 fully saturated rings. The molecule has 1 saturated heterocycles. The van der Waals surface area contributed by atoms with Gasteiger partial charge in [0, 0.05) is 37.4 Å². The maximum Gasteiger partial charge on any atom is 0.0547 e. The summed E-state index contributed by atoms with van der Waals surface area (Å²) in [6, 6.07) is 0. The Labute approximate surface area is 91.4 Å². The monoisotopic (exact) mass is 218 g/mol. The fourth-order valence-electron chi connectivity index (χ4n) is 1.90. The number of thioether (sulfide) groups is 1. The van der Waals surface area contributed by atoms with Gasteiger partial charge in [-0.05, 0) is 19.7 Å². The van der Waals surface area contributed by atoms with Crippen molar-refractivity contribution in [3.8, 4) is 0 Å². The summed E-state index contributed by atoms with van der Waals surface area (Å²) < 4.78 is 5.44. The van der Waals surface area contributed by atoms with Crippen molar-refractivity contribution in [3.63, 3.8) is 0 Å². The molecule has 1 atom stereocenters. The predicted molar refractivity (Wildman–Crippen MR) is 62.8 cm³/mol. The Hall–Kier alpha value is 0.230. The standard InChI is InChI=1S/C10H22N2OS/c1-12(4-6-14-2)8-10(7-11)3-5-13-9-10/h3-9,11H2,1-2H3. The molecular formula is C10H22N2OS. The average Bonchev–Trinajstić information content (AvgIpc) is 2.64. The smallest absolute Gasteiger partial charge is 0.0547 e. The van der Waals surface area contributed by atoms with E-state index in [0.717, 1.165) is 39.3 Å². The molecule has 14 heavy (non-hydrogen) atoms. The van der Waals surface area contributed by atoms with Crippen molar-refractivity contribution in [2.24, 2.45) is 11.1 Å². The maximum atomic E-state index is 5.83. The third-order valence-corrected chi connectivity index (χ3v) is 3.49. The Balaban J connectivity index is 2.32. The molecule has 1 aliphatic rings. The largest absolute Gasteiger partial charge is 0.381 e. The van der Waals surface area contributed by atoms with Gasteiger partial charge in [-0.2, -0.15) is 11.8 Å². The second-order valence-electron chi connectivity index (χ2n) is 4.24. The van der Waals surface area contributed by atoms with Crippen molar-refractivity contribution < 1.29 is 4.74 Å². The van der Waals surface area contributed by atoms with E-state index in [4.69, 9.17) is 10.5 Å². The van der Waals surface area contributed by atoms with Gasteiger partial charge in [0.2, 0.25) is 0 Å². The van der Waals surface area contributed by atoms with Crippen molar-refractivity contribution in [1.29, 1.82) is 0 Å². The summed E-state index contributed by atoms with van der Waals surface area (Å²) in [6.45, 7) is 4.68. The first kappa shape index (κ1) is 12.3. The van der Waals surface area contributed by atoms with Crippen molar-refractivity contribution >= 4 is 11.8 Å². The molecule has 0 saturated carbocycles. The highest BCUT2D eigenvalue weighted by Gasteiger charge is 2.34. The van der Waals surface area contributed by atoms with Crippen molar-refractivity contribution in [2.45, 2.75) is 6.42 Å². The van der Waals surface area contributed by atoms with Gasteiger partial charge in [-0.3, -0.25) is 0 Å². The maximum absolute atomic E-state index is 5.83. The van der Waals surface area contributed by atoms with Crippen LogP contribution in [-0.2, 0) is 4.74 Å². The van der Waals surface area contributed by atoms with Gasteiger partial charge in [0.1, 0.15) is 0 Å².